The summed E-state index contributed by atoms with van der Waals surface area (Å²) in [4.78, 5) is 2.48. The molecule has 0 aliphatic heterocycles. The lowest BCUT2D eigenvalue weighted by molar-refractivity contribution is 0.0692. The Bertz CT molecular complexity index is 168. The van der Waals surface area contributed by atoms with Crippen molar-refractivity contribution in [3.05, 3.63) is 0 Å². The quantitative estimate of drug-likeness (QED) is 0.648. The largest absolute Gasteiger partial charge is 0.299 e. The Hall–Kier alpha value is -0.0400. The van der Waals surface area contributed by atoms with E-state index in [-0.39, 0.29) is 0 Å². The van der Waals surface area contributed by atoms with Gasteiger partial charge in [-0.05, 0) is 46.6 Å². The molecule has 0 aromatic rings. The van der Waals surface area contributed by atoms with Gasteiger partial charge >= 0.3 is 0 Å². The molecule has 1 nitrogen and oxygen atoms in total. The van der Waals surface area contributed by atoms with Crippen molar-refractivity contribution in [2.24, 2.45) is 5.41 Å². The number of hydrogen-bond donors (Lipinski definition) is 0. The third-order valence-corrected chi connectivity index (χ3v) is 3.60. The molecule has 0 saturated heterocycles. The van der Waals surface area contributed by atoms with E-state index in [4.69, 9.17) is 0 Å². The number of hydrogen-bond acceptors (Lipinski definition) is 1. The van der Waals surface area contributed by atoms with Gasteiger partial charge in [0.1, 0.15) is 0 Å². The lowest BCUT2D eigenvalue weighted by Crippen LogP contribution is -2.47. The van der Waals surface area contributed by atoms with E-state index in [0.29, 0.717) is 17.0 Å². The molecule has 0 spiro atoms. The van der Waals surface area contributed by atoms with Crippen molar-refractivity contribution in [1.29, 1.82) is 0 Å². The Balaban J connectivity index is 4.48. The maximum atomic E-state index is 2.48. The minimum Gasteiger partial charge on any atom is -0.299 e. The van der Waals surface area contributed by atoms with Gasteiger partial charge in [-0.25, -0.2) is 0 Å². The van der Waals surface area contributed by atoms with Crippen molar-refractivity contribution in [2.75, 3.05) is 7.05 Å². The monoisotopic (exact) mass is 199 g/mol. The van der Waals surface area contributed by atoms with Crippen LogP contribution in [-0.2, 0) is 0 Å². The van der Waals surface area contributed by atoms with Crippen LogP contribution in [0, 0.1) is 5.41 Å². The van der Waals surface area contributed by atoms with Gasteiger partial charge in [0.05, 0.1) is 0 Å². The molecule has 0 N–H and O–H groups in total. The van der Waals surface area contributed by atoms with Crippen LogP contribution in [0.3, 0.4) is 0 Å². The van der Waals surface area contributed by atoms with Crippen molar-refractivity contribution in [2.45, 2.75) is 72.9 Å². The van der Waals surface area contributed by atoms with Gasteiger partial charge in [-0.15, -0.1) is 0 Å². The topological polar surface area (TPSA) is 3.24 Å². The van der Waals surface area contributed by atoms with Crippen LogP contribution in [0.2, 0.25) is 0 Å². The predicted octanol–water partition coefficient (Wildman–Crippen LogP) is 3.93. The smallest absolute Gasteiger partial charge is 0.0157 e. The zero-order valence-electron chi connectivity index (χ0n) is 11.4. The summed E-state index contributed by atoms with van der Waals surface area (Å²) in [7, 11) is 2.23. The summed E-state index contributed by atoms with van der Waals surface area (Å²) in [6.07, 6.45) is 2.51. The van der Waals surface area contributed by atoms with Crippen molar-refractivity contribution >= 4 is 0 Å². The average molecular weight is 199 g/mol. The predicted molar refractivity (Wildman–Crippen MR) is 65.7 cm³/mol. The molecule has 0 rings (SSSR count). The van der Waals surface area contributed by atoms with E-state index in [0.717, 1.165) is 0 Å². The first-order valence-corrected chi connectivity index (χ1v) is 5.85. The van der Waals surface area contributed by atoms with Crippen molar-refractivity contribution in [3.63, 3.8) is 0 Å². The molecule has 86 valence electrons. The van der Waals surface area contributed by atoms with Gasteiger partial charge in [0.2, 0.25) is 0 Å². The van der Waals surface area contributed by atoms with E-state index in [2.05, 4.69) is 60.4 Å². The molecule has 0 bridgehead atoms. The first-order chi connectivity index (χ1) is 6.12. The molecule has 0 saturated carbocycles. The molecule has 0 unspecified atom stereocenters. The minimum absolute atomic E-state index is 0.299. The molecule has 0 heterocycles. The summed E-state index contributed by atoms with van der Waals surface area (Å²) in [5.74, 6) is 0. The maximum absolute atomic E-state index is 2.48. The normalized spacial score (nSPS) is 14.1. The highest BCUT2D eigenvalue weighted by molar-refractivity contribution is 4.87. The molecule has 0 amide bonds. The van der Waals surface area contributed by atoms with Crippen LogP contribution in [0.25, 0.3) is 0 Å². The SMILES string of the molecule is CCC(C)(C)CC(C)(C)N(C)C(C)C. The van der Waals surface area contributed by atoms with Crippen LogP contribution in [0.5, 0.6) is 0 Å². The summed E-state index contributed by atoms with van der Waals surface area (Å²) >= 11 is 0. The third-order valence-electron chi connectivity index (χ3n) is 3.60. The minimum atomic E-state index is 0.299. The van der Waals surface area contributed by atoms with Gasteiger partial charge in [-0.1, -0.05) is 27.2 Å². The molecule has 0 fully saturated rings. The third kappa shape index (κ3) is 4.00. The van der Waals surface area contributed by atoms with Gasteiger partial charge in [-0.2, -0.15) is 0 Å². The van der Waals surface area contributed by atoms with Gasteiger partial charge in [0, 0.05) is 11.6 Å². The van der Waals surface area contributed by atoms with E-state index in [9.17, 15) is 0 Å². The summed E-state index contributed by atoms with van der Waals surface area (Å²) in [6, 6.07) is 0.623. The van der Waals surface area contributed by atoms with Crippen LogP contribution in [0.1, 0.15) is 61.3 Å². The fourth-order valence-electron chi connectivity index (χ4n) is 2.12. The Morgan fingerprint density at radius 2 is 1.50 bits per heavy atom. The second-order valence-electron chi connectivity index (χ2n) is 6.21. The van der Waals surface area contributed by atoms with Crippen LogP contribution >= 0.6 is 0 Å². The van der Waals surface area contributed by atoms with Crippen molar-refractivity contribution in [1.82, 2.24) is 4.90 Å². The number of nitrogens with zero attached hydrogens (tertiary/aromatic N) is 1. The van der Waals surface area contributed by atoms with E-state index >= 15 is 0 Å². The van der Waals surface area contributed by atoms with E-state index in [1.54, 1.807) is 0 Å². The summed E-state index contributed by atoms with van der Waals surface area (Å²) < 4.78 is 0. The lowest BCUT2D eigenvalue weighted by atomic mass is 9.77. The molecule has 0 aliphatic carbocycles. The van der Waals surface area contributed by atoms with Crippen LogP contribution < -0.4 is 0 Å². The van der Waals surface area contributed by atoms with Crippen LogP contribution in [-0.4, -0.2) is 23.5 Å². The second-order valence-corrected chi connectivity index (χ2v) is 6.21. The highest BCUT2D eigenvalue weighted by atomic mass is 15.2. The Kier molecular flexibility index (Phi) is 4.64. The molecule has 0 aromatic heterocycles. The van der Waals surface area contributed by atoms with E-state index in [1.165, 1.54) is 12.8 Å². The fourth-order valence-corrected chi connectivity index (χ4v) is 2.12. The maximum Gasteiger partial charge on any atom is 0.0157 e. The molecule has 0 atom stereocenters. The van der Waals surface area contributed by atoms with Crippen molar-refractivity contribution in [3.8, 4) is 0 Å². The highest BCUT2D eigenvalue weighted by Gasteiger charge is 2.31. The second kappa shape index (κ2) is 4.65. The Morgan fingerprint density at radius 3 is 1.79 bits per heavy atom. The summed E-state index contributed by atoms with van der Waals surface area (Å²) in [5, 5.41) is 0. The molecule has 1 heteroatoms. The zero-order chi connectivity index (χ0) is 11.6. The van der Waals surface area contributed by atoms with Gasteiger partial charge < -0.3 is 0 Å². The molecule has 14 heavy (non-hydrogen) atoms. The van der Waals surface area contributed by atoms with Gasteiger partial charge in [0.15, 0.2) is 0 Å². The lowest BCUT2D eigenvalue weighted by Gasteiger charge is -2.43. The summed E-state index contributed by atoms with van der Waals surface area (Å²) in [5.41, 5.74) is 0.750. The van der Waals surface area contributed by atoms with Crippen LogP contribution in [0.15, 0.2) is 0 Å². The fraction of sp³-hybridized carbons (Fsp3) is 1.00. The van der Waals surface area contributed by atoms with E-state index < -0.39 is 0 Å². The van der Waals surface area contributed by atoms with Gasteiger partial charge in [-0.3, -0.25) is 4.90 Å². The molecule has 0 radical (unpaired) electrons. The zero-order valence-corrected chi connectivity index (χ0v) is 11.4. The first-order valence-electron chi connectivity index (χ1n) is 5.85. The van der Waals surface area contributed by atoms with E-state index in [1.807, 2.05) is 0 Å². The number of rotatable bonds is 5. The van der Waals surface area contributed by atoms with Gasteiger partial charge in [0.25, 0.3) is 0 Å². The standard InChI is InChI=1S/C13H29N/c1-9-12(4,5)10-13(6,7)14(8)11(2)3/h11H,9-10H2,1-8H3. The molecule has 0 aliphatic rings. The summed E-state index contributed by atoms with van der Waals surface area (Å²) in [6.45, 7) is 16.2. The first kappa shape index (κ1) is 14.0. The highest BCUT2D eigenvalue weighted by Crippen LogP contribution is 2.34. The molecular formula is C13H29N. The molecule has 0 aromatic carbocycles. The van der Waals surface area contributed by atoms with Crippen molar-refractivity contribution < 1.29 is 0 Å². The Morgan fingerprint density at radius 1 is 1.07 bits per heavy atom. The molecular weight excluding hydrogens is 170 g/mol. The van der Waals surface area contributed by atoms with Crippen LogP contribution in [0.4, 0.5) is 0 Å². The Labute approximate surface area is 90.9 Å². The average Bonchev–Trinajstić information content (AvgIpc) is 2.01.